The highest BCUT2D eigenvalue weighted by atomic mass is 32.1. The standard InChI is InChI=1S/C26H29FN8OS2/c1-33-7-9-34(10-8-33)20-4-3-18(11-21(20)36-2)31-25-29-12-19(22-13-28-16-37-22)24(32-25)23-14-30-26(38-23)35-6-5-17(27)15-35/h3-4,11-14,16-17H,5-10,15H2,1-2H3,(H,29,31,32). The van der Waals surface area contributed by atoms with Crippen molar-refractivity contribution in [2.24, 2.45) is 0 Å². The predicted octanol–water partition coefficient (Wildman–Crippen LogP) is 4.78. The van der Waals surface area contributed by atoms with Crippen LogP contribution in [0.3, 0.4) is 0 Å². The summed E-state index contributed by atoms with van der Waals surface area (Å²) in [6, 6.07) is 6.10. The second kappa shape index (κ2) is 10.8. The van der Waals surface area contributed by atoms with Gasteiger partial charge in [-0.05, 0) is 25.6 Å². The maximum absolute atomic E-state index is 13.8. The Morgan fingerprint density at radius 3 is 2.63 bits per heavy atom. The third-order valence-electron chi connectivity index (χ3n) is 6.89. The minimum atomic E-state index is -0.801. The van der Waals surface area contributed by atoms with Gasteiger partial charge in [0.25, 0.3) is 0 Å². The van der Waals surface area contributed by atoms with E-state index < -0.39 is 6.17 Å². The number of methoxy groups -OCH3 is 1. The number of piperazine rings is 1. The number of halogens is 1. The molecule has 4 aromatic rings. The number of nitrogens with one attached hydrogen (secondary N) is 1. The molecule has 2 aliphatic heterocycles. The van der Waals surface area contributed by atoms with Crippen molar-refractivity contribution in [3.05, 3.63) is 42.3 Å². The van der Waals surface area contributed by atoms with Gasteiger partial charge in [-0.3, -0.25) is 4.98 Å². The molecule has 9 nitrogen and oxygen atoms in total. The Bertz CT molecular complexity index is 1390. The molecular weight excluding hydrogens is 523 g/mol. The fourth-order valence-corrected chi connectivity index (χ4v) is 6.35. The monoisotopic (exact) mass is 552 g/mol. The van der Waals surface area contributed by atoms with Gasteiger partial charge < -0.3 is 24.8 Å². The van der Waals surface area contributed by atoms with Crippen LogP contribution in [0.5, 0.6) is 5.75 Å². The molecule has 5 heterocycles. The van der Waals surface area contributed by atoms with Crippen molar-refractivity contribution in [2.75, 3.05) is 68.5 Å². The summed E-state index contributed by atoms with van der Waals surface area (Å²) in [6.45, 7) is 5.04. The van der Waals surface area contributed by atoms with Crippen LogP contribution in [0.4, 0.5) is 26.8 Å². The molecule has 6 rings (SSSR count). The van der Waals surface area contributed by atoms with Gasteiger partial charge in [-0.25, -0.2) is 19.3 Å². The summed E-state index contributed by atoms with van der Waals surface area (Å²) in [5.41, 5.74) is 5.38. The molecule has 1 unspecified atom stereocenters. The van der Waals surface area contributed by atoms with E-state index in [0.29, 0.717) is 25.5 Å². The average molecular weight is 553 g/mol. The van der Waals surface area contributed by atoms with Crippen LogP contribution in [0.2, 0.25) is 0 Å². The van der Waals surface area contributed by atoms with Crippen LogP contribution in [0, 0.1) is 0 Å². The molecule has 3 aromatic heterocycles. The number of ether oxygens (including phenoxy) is 1. The van der Waals surface area contributed by atoms with Gasteiger partial charge in [0, 0.05) is 68.6 Å². The third kappa shape index (κ3) is 5.16. The number of likely N-dealkylation sites (N-methyl/N-ethyl adjacent to an activating group) is 1. The SMILES string of the molecule is COc1cc(Nc2ncc(-c3cncs3)c(-c3cnc(N4CCC(F)C4)s3)n2)ccc1N1CCN(C)CC1. The van der Waals surface area contributed by atoms with Crippen molar-refractivity contribution in [1.29, 1.82) is 0 Å². The number of nitrogens with zero attached hydrogens (tertiary/aromatic N) is 7. The molecule has 38 heavy (non-hydrogen) atoms. The average Bonchev–Trinajstić information content (AvgIpc) is 3.71. The summed E-state index contributed by atoms with van der Waals surface area (Å²) in [5.74, 6) is 1.28. The van der Waals surface area contributed by atoms with E-state index in [4.69, 9.17) is 9.72 Å². The third-order valence-corrected chi connectivity index (χ3v) is 8.77. The van der Waals surface area contributed by atoms with Crippen molar-refractivity contribution in [2.45, 2.75) is 12.6 Å². The molecule has 1 atom stereocenters. The molecule has 2 saturated heterocycles. The van der Waals surface area contributed by atoms with E-state index >= 15 is 0 Å². The maximum Gasteiger partial charge on any atom is 0.227 e. The van der Waals surface area contributed by atoms with Crippen molar-refractivity contribution in [3.8, 4) is 26.8 Å². The van der Waals surface area contributed by atoms with E-state index in [-0.39, 0.29) is 0 Å². The largest absolute Gasteiger partial charge is 0.495 e. The Hall–Kier alpha value is -3.35. The van der Waals surface area contributed by atoms with Crippen LogP contribution < -0.4 is 19.9 Å². The second-order valence-corrected chi connectivity index (χ2v) is 11.4. The smallest absolute Gasteiger partial charge is 0.227 e. The highest BCUT2D eigenvalue weighted by molar-refractivity contribution is 7.19. The number of benzene rings is 1. The first-order valence-corrected chi connectivity index (χ1v) is 14.3. The zero-order valence-corrected chi connectivity index (χ0v) is 22.9. The molecule has 2 fully saturated rings. The summed E-state index contributed by atoms with van der Waals surface area (Å²) in [5, 5.41) is 4.16. The molecule has 1 aromatic carbocycles. The van der Waals surface area contributed by atoms with Crippen LogP contribution in [0.1, 0.15) is 6.42 Å². The van der Waals surface area contributed by atoms with Gasteiger partial charge in [0.2, 0.25) is 5.95 Å². The minimum Gasteiger partial charge on any atom is -0.495 e. The number of rotatable bonds is 7. The maximum atomic E-state index is 13.8. The van der Waals surface area contributed by atoms with Crippen LogP contribution in [-0.4, -0.2) is 84.4 Å². The molecule has 0 spiro atoms. The molecule has 198 valence electrons. The molecule has 0 amide bonds. The molecular formula is C26H29FN8OS2. The Morgan fingerprint density at radius 2 is 1.89 bits per heavy atom. The highest BCUT2D eigenvalue weighted by Crippen LogP contribution is 2.39. The van der Waals surface area contributed by atoms with Gasteiger partial charge in [-0.15, -0.1) is 11.3 Å². The van der Waals surface area contributed by atoms with Crippen molar-refractivity contribution in [3.63, 3.8) is 0 Å². The van der Waals surface area contributed by atoms with Crippen LogP contribution >= 0.6 is 22.7 Å². The second-order valence-electron chi connectivity index (χ2n) is 9.46. The van der Waals surface area contributed by atoms with Gasteiger partial charge in [-0.2, -0.15) is 0 Å². The van der Waals surface area contributed by atoms with E-state index in [1.165, 1.54) is 22.7 Å². The van der Waals surface area contributed by atoms with E-state index in [9.17, 15) is 4.39 Å². The Balaban J connectivity index is 1.29. The summed E-state index contributed by atoms with van der Waals surface area (Å²) < 4.78 is 19.5. The lowest BCUT2D eigenvalue weighted by molar-refractivity contribution is 0.311. The topological polar surface area (TPSA) is 82.5 Å². The summed E-state index contributed by atoms with van der Waals surface area (Å²) in [4.78, 5) is 26.9. The molecule has 12 heteroatoms. The summed E-state index contributed by atoms with van der Waals surface area (Å²) in [7, 11) is 3.85. The van der Waals surface area contributed by atoms with E-state index in [0.717, 1.165) is 69.4 Å². The number of anilines is 4. The molecule has 0 aliphatic carbocycles. The number of aromatic nitrogens is 4. The number of hydrogen-bond acceptors (Lipinski definition) is 11. The Morgan fingerprint density at radius 1 is 1.03 bits per heavy atom. The normalized spacial score (nSPS) is 18.2. The van der Waals surface area contributed by atoms with Gasteiger partial charge in [-0.1, -0.05) is 11.3 Å². The van der Waals surface area contributed by atoms with Gasteiger partial charge in [0.05, 0.1) is 40.3 Å². The van der Waals surface area contributed by atoms with Crippen molar-refractivity contribution >= 4 is 45.1 Å². The molecule has 0 radical (unpaired) electrons. The van der Waals surface area contributed by atoms with E-state index in [2.05, 4.69) is 43.2 Å². The molecule has 2 aliphatic rings. The summed E-state index contributed by atoms with van der Waals surface area (Å²) >= 11 is 3.06. The Labute approximate surface area is 229 Å². The fourth-order valence-electron chi connectivity index (χ4n) is 4.76. The van der Waals surface area contributed by atoms with Crippen molar-refractivity contribution < 1.29 is 9.13 Å². The first kappa shape index (κ1) is 25.0. The fraction of sp³-hybridized carbons (Fsp3) is 0.385. The molecule has 0 saturated carbocycles. The minimum absolute atomic E-state index is 0.386. The quantitative estimate of drug-likeness (QED) is 0.348. The first-order chi connectivity index (χ1) is 18.6. The highest BCUT2D eigenvalue weighted by Gasteiger charge is 2.25. The van der Waals surface area contributed by atoms with Gasteiger partial charge in [0.1, 0.15) is 11.9 Å². The van der Waals surface area contributed by atoms with Gasteiger partial charge >= 0.3 is 0 Å². The number of hydrogen-bond donors (Lipinski definition) is 1. The first-order valence-electron chi connectivity index (χ1n) is 12.6. The molecule has 0 bridgehead atoms. The lowest BCUT2D eigenvalue weighted by Gasteiger charge is -2.34. The predicted molar refractivity (Wildman–Crippen MR) is 152 cm³/mol. The van der Waals surface area contributed by atoms with Crippen LogP contribution in [0.15, 0.2) is 42.3 Å². The van der Waals surface area contributed by atoms with E-state index in [1.54, 1.807) is 12.6 Å². The zero-order valence-electron chi connectivity index (χ0n) is 21.3. The zero-order chi connectivity index (χ0) is 26.1. The molecule has 1 N–H and O–H groups in total. The summed E-state index contributed by atoms with van der Waals surface area (Å²) in [6.07, 6.45) is 5.19. The Kier molecular flexibility index (Phi) is 7.09. The van der Waals surface area contributed by atoms with Crippen molar-refractivity contribution in [1.82, 2.24) is 24.8 Å². The lowest BCUT2D eigenvalue weighted by atomic mass is 10.2. The number of alkyl halides is 1. The van der Waals surface area contributed by atoms with Crippen LogP contribution in [0.25, 0.3) is 21.0 Å². The van der Waals surface area contributed by atoms with Gasteiger partial charge in [0.15, 0.2) is 5.13 Å². The van der Waals surface area contributed by atoms with Crippen LogP contribution in [-0.2, 0) is 0 Å². The van der Waals surface area contributed by atoms with E-state index in [1.807, 2.05) is 35.6 Å². The number of thiazole rings is 2. The lowest BCUT2D eigenvalue weighted by Crippen LogP contribution is -2.44.